The minimum Gasteiger partial charge on any atom is -0.333 e. The van der Waals surface area contributed by atoms with E-state index >= 15 is 0 Å². The van der Waals surface area contributed by atoms with Crippen LogP contribution in [0.25, 0.3) is 0 Å². The molecule has 0 radical (unpaired) electrons. The van der Waals surface area contributed by atoms with Crippen LogP contribution < -0.4 is 0 Å². The molecule has 2 atom stereocenters. The minimum atomic E-state index is 0.269. The van der Waals surface area contributed by atoms with Crippen LogP contribution in [0.5, 0.6) is 0 Å². The molecule has 1 saturated heterocycles. The summed E-state index contributed by atoms with van der Waals surface area (Å²) < 4.78 is 2.29. The van der Waals surface area contributed by atoms with Gasteiger partial charge in [-0.15, -0.1) is 0 Å². The van der Waals surface area contributed by atoms with Gasteiger partial charge >= 0.3 is 0 Å². The maximum Gasteiger partial charge on any atom is 0.249 e. The van der Waals surface area contributed by atoms with Crippen LogP contribution in [0.4, 0.5) is 0 Å². The molecule has 84 valence electrons. The Bertz CT molecular complexity index is 303. The summed E-state index contributed by atoms with van der Waals surface area (Å²) in [6, 6.07) is 0.804. The summed E-state index contributed by atoms with van der Waals surface area (Å²) in [5, 5.41) is 0. The van der Waals surface area contributed by atoms with Crippen molar-refractivity contribution in [3.8, 4) is 0 Å². The number of piperazine rings is 1. The van der Waals surface area contributed by atoms with Crippen molar-refractivity contribution in [2.75, 3.05) is 13.1 Å². The van der Waals surface area contributed by atoms with E-state index in [0.717, 1.165) is 31.5 Å². The molecule has 1 fully saturated rings. The van der Waals surface area contributed by atoms with Gasteiger partial charge in [-0.1, -0.05) is 6.08 Å². The molecular formula is C11H17IN2O. The summed E-state index contributed by atoms with van der Waals surface area (Å²) in [4.78, 5) is 14.1. The van der Waals surface area contributed by atoms with E-state index < -0.39 is 0 Å². The van der Waals surface area contributed by atoms with E-state index in [0.29, 0.717) is 12.1 Å². The van der Waals surface area contributed by atoms with Crippen LogP contribution in [0.15, 0.2) is 11.6 Å². The number of halogens is 1. The third kappa shape index (κ3) is 2.20. The zero-order valence-electron chi connectivity index (χ0n) is 9.24. The Kier molecular flexibility index (Phi) is 3.35. The second kappa shape index (κ2) is 4.41. The Morgan fingerprint density at radius 3 is 2.60 bits per heavy atom. The van der Waals surface area contributed by atoms with E-state index in [1.165, 1.54) is 0 Å². The Labute approximate surface area is 105 Å². The molecule has 1 amide bonds. The highest BCUT2D eigenvalue weighted by Crippen LogP contribution is 2.25. The second-order valence-corrected chi connectivity index (χ2v) is 5.75. The fourth-order valence-electron chi connectivity index (χ4n) is 2.03. The third-order valence-corrected chi connectivity index (χ3v) is 4.59. The summed E-state index contributed by atoms with van der Waals surface area (Å²) in [6.07, 6.45) is 4.12. The van der Waals surface area contributed by atoms with Gasteiger partial charge in [0.2, 0.25) is 5.91 Å². The van der Waals surface area contributed by atoms with Crippen molar-refractivity contribution in [2.24, 2.45) is 0 Å². The molecule has 1 aliphatic carbocycles. The van der Waals surface area contributed by atoms with Crippen molar-refractivity contribution in [1.82, 2.24) is 8.01 Å². The van der Waals surface area contributed by atoms with Crippen LogP contribution in [-0.4, -0.2) is 39.1 Å². The fourth-order valence-corrected chi connectivity index (χ4v) is 2.78. The van der Waals surface area contributed by atoms with Crippen molar-refractivity contribution >= 4 is 28.8 Å². The third-order valence-electron chi connectivity index (χ3n) is 3.25. The quantitative estimate of drug-likeness (QED) is 0.545. The summed E-state index contributed by atoms with van der Waals surface area (Å²) in [6.45, 7) is 6.14. The highest BCUT2D eigenvalue weighted by molar-refractivity contribution is 14.1. The SMILES string of the molecule is CC1CN(C(=O)C2=CCC2)C(C)CN1I. The van der Waals surface area contributed by atoms with Gasteiger partial charge in [0.15, 0.2) is 0 Å². The van der Waals surface area contributed by atoms with Gasteiger partial charge in [-0.05, 0) is 26.7 Å². The largest absolute Gasteiger partial charge is 0.333 e. The highest BCUT2D eigenvalue weighted by Gasteiger charge is 2.32. The molecule has 1 heterocycles. The predicted molar refractivity (Wildman–Crippen MR) is 68.7 cm³/mol. The smallest absolute Gasteiger partial charge is 0.249 e. The van der Waals surface area contributed by atoms with Gasteiger partial charge in [-0.3, -0.25) is 4.79 Å². The van der Waals surface area contributed by atoms with Gasteiger partial charge in [0.05, 0.1) is 0 Å². The van der Waals surface area contributed by atoms with E-state index in [9.17, 15) is 4.79 Å². The maximum atomic E-state index is 12.1. The monoisotopic (exact) mass is 320 g/mol. The Balaban J connectivity index is 2.05. The fraction of sp³-hybridized carbons (Fsp3) is 0.727. The van der Waals surface area contributed by atoms with E-state index in [2.05, 4.69) is 45.9 Å². The average Bonchev–Trinajstić information content (AvgIpc) is 2.08. The van der Waals surface area contributed by atoms with Crippen molar-refractivity contribution in [3.05, 3.63) is 11.6 Å². The number of rotatable bonds is 1. The normalized spacial score (nSPS) is 32.2. The molecule has 0 bridgehead atoms. The van der Waals surface area contributed by atoms with Gasteiger partial charge in [-0.25, -0.2) is 3.11 Å². The predicted octanol–water partition coefficient (Wildman–Crippen LogP) is 1.98. The van der Waals surface area contributed by atoms with Gasteiger partial charge in [0.1, 0.15) is 0 Å². The molecule has 0 aromatic heterocycles. The number of carbonyl (C=O) groups excluding carboxylic acids is 1. The van der Waals surface area contributed by atoms with Crippen molar-refractivity contribution < 1.29 is 4.79 Å². The lowest BCUT2D eigenvalue weighted by molar-refractivity contribution is -0.131. The molecule has 15 heavy (non-hydrogen) atoms. The molecule has 0 aromatic rings. The standard InChI is InChI=1S/C11H17IN2O/c1-8-7-14(12)9(2)6-13(8)11(15)10-4-3-5-10/h4,8-9H,3,5-7H2,1-2H3. The topological polar surface area (TPSA) is 23.6 Å². The molecule has 2 rings (SSSR count). The number of hydrogen-bond donors (Lipinski definition) is 0. The molecule has 4 heteroatoms. The molecule has 1 aliphatic heterocycles. The molecule has 2 unspecified atom stereocenters. The Hall–Kier alpha value is -0.100. The first-order valence-electron chi connectivity index (χ1n) is 5.52. The van der Waals surface area contributed by atoms with Crippen LogP contribution in [0.1, 0.15) is 26.7 Å². The lowest BCUT2D eigenvalue weighted by Gasteiger charge is -2.42. The molecule has 2 aliphatic rings. The van der Waals surface area contributed by atoms with Crippen molar-refractivity contribution in [3.63, 3.8) is 0 Å². The summed E-state index contributed by atoms with van der Waals surface area (Å²) in [7, 11) is 0. The van der Waals surface area contributed by atoms with Crippen LogP contribution in [0.3, 0.4) is 0 Å². The first kappa shape index (κ1) is 11.4. The van der Waals surface area contributed by atoms with Crippen LogP contribution in [-0.2, 0) is 4.79 Å². The maximum absolute atomic E-state index is 12.1. The molecular weight excluding hydrogens is 303 g/mol. The van der Waals surface area contributed by atoms with Crippen molar-refractivity contribution in [2.45, 2.75) is 38.8 Å². The summed E-state index contributed by atoms with van der Waals surface area (Å²) in [5.74, 6) is 0.269. The molecule has 0 saturated carbocycles. The molecule has 0 aromatic carbocycles. The average molecular weight is 320 g/mol. The second-order valence-electron chi connectivity index (χ2n) is 4.51. The summed E-state index contributed by atoms with van der Waals surface area (Å²) in [5.41, 5.74) is 1.02. The zero-order chi connectivity index (χ0) is 11.0. The zero-order valence-corrected chi connectivity index (χ0v) is 11.4. The van der Waals surface area contributed by atoms with E-state index in [1.54, 1.807) is 0 Å². The minimum absolute atomic E-state index is 0.269. The van der Waals surface area contributed by atoms with E-state index in [-0.39, 0.29) is 5.91 Å². The number of nitrogens with zero attached hydrogens (tertiary/aromatic N) is 2. The Morgan fingerprint density at radius 1 is 1.40 bits per heavy atom. The Morgan fingerprint density at radius 2 is 2.07 bits per heavy atom. The highest BCUT2D eigenvalue weighted by atomic mass is 127. The number of allylic oxidation sites excluding steroid dienone is 1. The van der Waals surface area contributed by atoms with E-state index in [4.69, 9.17) is 0 Å². The lowest BCUT2D eigenvalue weighted by atomic mass is 9.96. The number of amides is 1. The van der Waals surface area contributed by atoms with Gasteiger partial charge in [0.25, 0.3) is 0 Å². The number of carbonyl (C=O) groups is 1. The molecule has 3 nitrogen and oxygen atoms in total. The van der Waals surface area contributed by atoms with Gasteiger partial charge < -0.3 is 4.90 Å². The van der Waals surface area contributed by atoms with Gasteiger partial charge in [-0.2, -0.15) is 0 Å². The first-order valence-corrected chi connectivity index (χ1v) is 6.48. The molecule has 0 N–H and O–H groups in total. The van der Waals surface area contributed by atoms with Crippen molar-refractivity contribution in [1.29, 1.82) is 0 Å². The lowest BCUT2D eigenvalue weighted by Crippen LogP contribution is -2.55. The summed E-state index contributed by atoms with van der Waals surface area (Å²) >= 11 is 2.35. The van der Waals surface area contributed by atoms with Crippen LogP contribution >= 0.6 is 22.9 Å². The van der Waals surface area contributed by atoms with Crippen LogP contribution in [0, 0.1) is 0 Å². The molecule has 0 spiro atoms. The number of hydrogen-bond acceptors (Lipinski definition) is 2. The van der Waals surface area contributed by atoms with E-state index in [1.807, 2.05) is 4.90 Å². The van der Waals surface area contributed by atoms with Gasteiger partial charge in [0, 0.05) is 53.6 Å². The first-order chi connectivity index (χ1) is 7.09. The van der Waals surface area contributed by atoms with Crippen LogP contribution in [0.2, 0.25) is 0 Å².